The van der Waals surface area contributed by atoms with Gasteiger partial charge in [-0.25, -0.2) is 0 Å². The van der Waals surface area contributed by atoms with E-state index >= 15 is 0 Å². The van der Waals surface area contributed by atoms with Gasteiger partial charge >= 0.3 is 0 Å². The average molecular weight is 730 g/mol. The molecule has 1 aromatic rings. The number of aliphatic hydroxyl groups excluding tert-OH is 1. The largest absolute Gasteiger partial charge is 0.393 e. The number of aliphatic hydroxyl groups is 1. The highest BCUT2D eigenvalue weighted by atomic mass is 16.5. The summed E-state index contributed by atoms with van der Waals surface area (Å²) in [5, 5.41) is 14.7. The first-order valence-corrected chi connectivity index (χ1v) is 21.3. The van der Waals surface area contributed by atoms with Crippen LogP contribution in [0.25, 0.3) is 0 Å². The lowest BCUT2D eigenvalue weighted by Gasteiger charge is -2.72. The molecule has 1 aromatic heterocycles. The zero-order valence-electron chi connectivity index (χ0n) is 34.4. The van der Waals surface area contributed by atoms with Gasteiger partial charge in [0.25, 0.3) is 0 Å². The molecule has 2 N–H and O–H groups in total. The van der Waals surface area contributed by atoms with Crippen molar-refractivity contribution in [2.24, 2.45) is 68.0 Å². The third kappa shape index (κ3) is 5.89. The minimum Gasteiger partial charge on any atom is -0.393 e. The number of nitrogens with one attached hydrogen (secondary N) is 1. The summed E-state index contributed by atoms with van der Waals surface area (Å²) >= 11 is 0. The van der Waals surface area contributed by atoms with Crippen LogP contribution in [0.4, 0.5) is 0 Å². The molecule has 6 saturated carbocycles. The van der Waals surface area contributed by atoms with Crippen LogP contribution in [-0.2, 0) is 14.3 Å². The number of ether oxygens (including phenoxy) is 1. The number of allylic oxidation sites excluding steroid dienone is 1. The molecule has 0 unspecified atom stereocenters. The monoisotopic (exact) mass is 730 g/mol. The second-order valence-electron chi connectivity index (χ2n) is 20.8. The molecule has 12 atom stereocenters. The van der Waals surface area contributed by atoms with Crippen LogP contribution < -0.4 is 5.32 Å². The maximum absolute atomic E-state index is 14.8. The van der Waals surface area contributed by atoms with Gasteiger partial charge in [0.05, 0.1) is 24.7 Å². The van der Waals surface area contributed by atoms with E-state index in [9.17, 15) is 14.7 Å². The molecule has 1 saturated heterocycles. The van der Waals surface area contributed by atoms with E-state index in [1.54, 1.807) is 12.4 Å². The summed E-state index contributed by atoms with van der Waals surface area (Å²) in [5.74, 6) is 2.93. The van der Waals surface area contributed by atoms with Crippen LogP contribution in [0, 0.1) is 68.0 Å². The second kappa shape index (κ2) is 13.7. The lowest BCUT2D eigenvalue weighted by Crippen LogP contribution is -2.68. The fourth-order valence-electron chi connectivity index (χ4n) is 14.7. The number of fused-ring (bicyclic) bond motifs is 7. The van der Waals surface area contributed by atoms with Crippen molar-refractivity contribution in [3.05, 3.63) is 42.7 Å². The lowest BCUT2D eigenvalue weighted by atomic mass is 9.32. The molecule has 7 aliphatic rings. The quantitative estimate of drug-likeness (QED) is 0.304. The summed E-state index contributed by atoms with van der Waals surface area (Å²) in [6.45, 7) is 26.3. The molecule has 7 nitrogen and oxygen atoms in total. The predicted molar refractivity (Wildman–Crippen MR) is 210 cm³/mol. The van der Waals surface area contributed by atoms with Crippen molar-refractivity contribution in [3.63, 3.8) is 0 Å². The number of morpholine rings is 1. The van der Waals surface area contributed by atoms with Gasteiger partial charge in [0.15, 0.2) is 0 Å². The molecule has 2 amide bonds. The van der Waals surface area contributed by atoms with E-state index < -0.39 is 0 Å². The van der Waals surface area contributed by atoms with Gasteiger partial charge in [-0.05, 0) is 146 Å². The Morgan fingerprint density at radius 2 is 1.51 bits per heavy atom. The third-order valence-corrected chi connectivity index (χ3v) is 18.3. The van der Waals surface area contributed by atoms with Gasteiger partial charge in [-0.1, -0.05) is 66.7 Å². The van der Waals surface area contributed by atoms with E-state index in [-0.39, 0.29) is 62.4 Å². The molecule has 0 spiro atoms. The van der Waals surface area contributed by atoms with Crippen molar-refractivity contribution < 1.29 is 19.4 Å². The standard InChI is InChI=1S/C41H66N2O4.C5H5N/c1-25(2)26-12-17-41(35(46)42-31-24-28(36(31,3)4)34(45)43-20-22-47-23-21-43)19-18-39(8)27(33(26)41)10-11-30-38(7)15-14-32(44)37(5,6)29(38)13-16-40(30,39)9;1-2-4-6-5-3-1/h26-33,44H,1,10-24H2,2-9H3,(H,42,46);1-5H/t26-,27+,28-,29-,30+,31-,32-,33+,38-,39+,40+,41-;/m0./s1. The highest BCUT2D eigenvalue weighted by Crippen LogP contribution is 2.77. The minimum absolute atomic E-state index is 0.0330. The average Bonchev–Trinajstić information content (AvgIpc) is 3.54. The van der Waals surface area contributed by atoms with Crippen LogP contribution in [-0.4, -0.2) is 65.3 Å². The molecule has 8 rings (SSSR count). The van der Waals surface area contributed by atoms with Gasteiger partial charge in [0.2, 0.25) is 11.8 Å². The summed E-state index contributed by atoms with van der Waals surface area (Å²) in [6, 6.07) is 5.75. The first kappa shape index (κ1) is 39.0. The summed E-state index contributed by atoms with van der Waals surface area (Å²) in [4.78, 5) is 34.1. The van der Waals surface area contributed by atoms with Crippen molar-refractivity contribution in [1.82, 2.24) is 15.2 Å². The van der Waals surface area contributed by atoms with Gasteiger partial charge in [0.1, 0.15) is 0 Å². The Morgan fingerprint density at radius 1 is 0.811 bits per heavy atom. The van der Waals surface area contributed by atoms with E-state index in [2.05, 4.69) is 72.3 Å². The van der Waals surface area contributed by atoms with E-state index in [1.165, 1.54) is 31.3 Å². The Morgan fingerprint density at radius 3 is 2.11 bits per heavy atom. The topological polar surface area (TPSA) is 91.8 Å². The van der Waals surface area contributed by atoms with E-state index in [4.69, 9.17) is 4.74 Å². The van der Waals surface area contributed by atoms with Gasteiger partial charge in [0, 0.05) is 37.4 Å². The summed E-state index contributed by atoms with van der Waals surface area (Å²) < 4.78 is 5.49. The van der Waals surface area contributed by atoms with Crippen LogP contribution in [0.2, 0.25) is 0 Å². The summed E-state index contributed by atoms with van der Waals surface area (Å²) in [5.41, 5.74) is 1.29. The zero-order valence-corrected chi connectivity index (χ0v) is 34.4. The van der Waals surface area contributed by atoms with Gasteiger partial charge in [-0.2, -0.15) is 0 Å². The Kier molecular flexibility index (Phi) is 10.1. The minimum atomic E-state index is -0.343. The second-order valence-corrected chi connectivity index (χ2v) is 20.8. The van der Waals surface area contributed by atoms with Crippen molar-refractivity contribution in [3.8, 4) is 0 Å². The molecule has 1 aliphatic heterocycles. The van der Waals surface area contributed by atoms with Crippen molar-refractivity contribution in [2.75, 3.05) is 26.3 Å². The number of carbonyl (C=O) groups excluding carboxylic acids is 2. The molecular weight excluding hydrogens is 659 g/mol. The van der Waals surface area contributed by atoms with Crippen LogP contribution in [0.5, 0.6) is 0 Å². The number of hydrogen-bond donors (Lipinski definition) is 2. The van der Waals surface area contributed by atoms with Gasteiger partial charge in [-0.3, -0.25) is 14.6 Å². The SMILES string of the molecule is C=C(C)[C@@H]1CC[C@]2(C(=O)N[C@H]3C[C@@H](C(=O)N4CCOCC4)C3(C)C)CC[C@]3(C)[C@H](CC[C@@H]4[C@@]5(C)CC[C@H](O)C(C)(C)[C@@H]5CC[C@]43C)[C@@H]12.c1ccncc1. The molecular formula is C46H71N3O4. The molecule has 0 radical (unpaired) electrons. The first-order valence-electron chi connectivity index (χ1n) is 21.3. The third-order valence-electron chi connectivity index (χ3n) is 18.3. The molecule has 0 bridgehead atoms. The molecule has 6 aliphatic carbocycles. The molecule has 0 aromatic carbocycles. The van der Waals surface area contributed by atoms with Crippen LogP contribution in [0.1, 0.15) is 126 Å². The van der Waals surface area contributed by atoms with Crippen molar-refractivity contribution in [1.29, 1.82) is 0 Å². The van der Waals surface area contributed by atoms with Crippen LogP contribution in [0.15, 0.2) is 42.7 Å². The van der Waals surface area contributed by atoms with Crippen LogP contribution >= 0.6 is 0 Å². The van der Waals surface area contributed by atoms with Gasteiger partial charge < -0.3 is 20.1 Å². The summed E-state index contributed by atoms with van der Waals surface area (Å²) in [7, 11) is 0. The molecule has 7 heteroatoms. The number of carbonyl (C=O) groups is 2. The first-order chi connectivity index (χ1) is 24.9. The van der Waals surface area contributed by atoms with Crippen molar-refractivity contribution >= 4 is 11.8 Å². The molecule has 53 heavy (non-hydrogen) atoms. The zero-order chi connectivity index (χ0) is 38.2. The Balaban J connectivity index is 0.000000661. The molecule has 294 valence electrons. The number of aromatic nitrogens is 1. The fraction of sp³-hybridized carbons (Fsp3) is 0.804. The number of hydrogen-bond acceptors (Lipinski definition) is 5. The highest BCUT2D eigenvalue weighted by molar-refractivity contribution is 5.86. The highest BCUT2D eigenvalue weighted by Gasteiger charge is 2.72. The number of amides is 2. The molecule has 7 fully saturated rings. The van der Waals surface area contributed by atoms with E-state index in [0.717, 1.165) is 44.9 Å². The fourth-order valence-corrected chi connectivity index (χ4v) is 14.7. The number of nitrogens with zero attached hydrogens (tertiary/aromatic N) is 2. The van der Waals surface area contributed by atoms with Crippen molar-refractivity contribution in [2.45, 2.75) is 138 Å². The Labute approximate surface area is 320 Å². The maximum Gasteiger partial charge on any atom is 0.226 e. The van der Waals surface area contributed by atoms with Crippen LogP contribution in [0.3, 0.4) is 0 Å². The number of rotatable bonds is 4. The maximum atomic E-state index is 14.8. The predicted octanol–water partition coefficient (Wildman–Crippen LogP) is 8.48. The summed E-state index contributed by atoms with van der Waals surface area (Å²) in [6.07, 6.45) is 15.1. The lowest BCUT2D eigenvalue weighted by molar-refractivity contribution is -0.246. The van der Waals surface area contributed by atoms with E-state index in [0.29, 0.717) is 55.9 Å². The molecule has 2 heterocycles. The normalized spacial score (nSPS) is 45.0. The smallest absolute Gasteiger partial charge is 0.226 e. The Hall–Kier alpha value is -2.25. The Bertz CT molecular complexity index is 1510. The number of pyridine rings is 1. The van der Waals surface area contributed by atoms with Gasteiger partial charge in [-0.15, -0.1) is 0 Å². The van der Waals surface area contributed by atoms with E-state index in [1.807, 2.05) is 23.1 Å².